The van der Waals surface area contributed by atoms with Gasteiger partial charge in [0.1, 0.15) is 0 Å². The molecule has 6 nitrogen and oxygen atoms in total. The number of benzene rings is 2. The fraction of sp³-hybridized carbons (Fsp3) is 0.250. The Morgan fingerprint density at radius 2 is 1.75 bits per heavy atom. The highest BCUT2D eigenvalue weighted by atomic mass is 35.5. The molecule has 1 aliphatic heterocycles. The summed E-state index contributed by atoms with van der Waals surface area (Å²) in [7, 11) is -1.61. The lowest BCUT2D eigenvalue weighted by atomic mass is 10.2. The van der Waals surface area contributed by atoms with Crippen molar-refractivity contribution in [3.63, 3.8) is 0 Å². The molecule has 1 N–H and O–H groups in total. The second-order valence-electron chi connectivity index (χ2n) is 6.61. The summed E-state index contributed by atoms with van der Waals surface area (Å²) in [5.41, 5.74) is 1.27. The Balaban J connectivity index is 1.69. The Labute approximate surface area is 170 Å². The first-order chi connectivity index (χ1) is 13.3. The van der Waals surface area contributed by atoms with Crippen LogP contribution in [0.3, 0.4) is 0 Å². The first-order valence-electron chi connectivity index (χ1n) is 8.88. The number of carbonyl (C=O) groups is 1. The molecule has 28 heavy (non-hydrogen) atoms. The smallest absolute Gasteiger partial charge is 0.248 e. The van der Waals surface area contributed by atoms with Crippen molar-refractivity contribution < 1.29 is 13.2 Å². The molecule has 2 aromatic carbocycles. The molecule has 0 saturated carbocycles. The van der Waals surface area contributed by atoms with Crippen LogP contribution in [-0.2, 0) is 14.8 Å². The van der Waals surface area contributed by atoms with Crippen molar-refractivity contribution in [2.75, 3.05) is 38.5 Å². The normalized spacial score (nSPS) is 16.4. The number of carbonyl (C=O) groups excluding carboxylic acids is 1. The van der Waals surface area contributed by atoms with E-state index in [1.165, 1.54) is 16.4 Å². The predicted octanol–water partition coefficient (Wildman–Crippen LogP) is 2.93. The quantitative estimate of drug-likeness (QED) is 0.756. The van der Waals surface area contributed by atoms with E-state index in [0.717, 1.165) is 5.56 Å². The average molecular weight is 420 g/mol. The maximum Gasteiger partial charge on any atom is 0.248 e. The zero-order valence-electron chi connectivity index (χ0n) is 15.5. The van der Waals surface area contributed by atoms with Gasteiger partial charge in [0.15, 0.2) is 0 Å². The van der Waals surface area contributed by atoms with Gasteiger partial charge in [-0.15, -0.1) is 0 Å². The number of rotatable bonds is 5. The largest absolute Gasteiger partial charge is 0.322 e. The number of anilines is 1. The third-order valence-electron chi connectivity index (χ3n) is 4.50. The van der Waals surface area contributed by atoms with Gasteiger partial charge in [0.2, 0.25) is 15.9 Å². The van der Waals surface area contributed by atoms with Crippen LogP contribution in [-0.4, -0.2) is 56.8 Å². The number of hydrogen-bond donors (Lipinski definition) is 1. The summed E-state index contributed by atoms with van der Waals surface area (Å²) in [6.45, 7) is 2.31. The SMILES string of the molecule is CN1CCN(S(=O)(=O)c2cccc(NC(=O)C=Cc3ccc(Cl)cc3)c2)CC1. The Hall–Kier alpha value is -2.19. The number of nitrogens with zero attached hydrogens (tertiary/aromatic N) is 2. The van der Waals surface area contributed by atoms with Gasteiger partial charge in [-0.3, -0.25) is 4.79 Å². The third-order valence-corrected chi connectivity index (χ3v) is 6.65. The highest BCUT2D eigenvalue weighted by molar-refractivity contribution is 7.89. The summed E-state index contributed by atoms with van der Waals surface area (Å²) >= 11 is 5.84. The van der Waals surface area contributed by atoms with Gasteiger partial charge in [-0.05, 0) is 49.0 Å². The lowest BCUT2D eigenvalue weighted by molar-refractivity contribution is -0.111. The number of halogens is 1. The van der Waals surface area contributed by atoms with E-state index in [-0.39, 0.29) is 10.8 Å². The van der Waals surface area contributed by atoms with Crippen LogP contribution in [0.15, 0.2) is 59.5 Å². The van der Waals surface area contributed by atoms with Gasteiger partial charge in [-0.1, -0.05) is 29.8 Å². The van der Waals surface area contributed by atoms with E-state index in [0.29, 0.717) is 36.9 Å². The van der Waals surface area contributed by atoms with Crippen LogP contribution in [0.5, 0.6) is 0 Å². The van der Waals surface area contributed by atoms with Crippen molar-refractivity contribution in [3.8, 4) is 0 Å². The Bertz CT molecular complexity index is 966. The molecule has 0 atom stereocenters. The average Bonchev–Trinajstić information content (AvgIpc) is 2.68. The van der Waals surface area contributed by atoms with Gasteiger partial charge in [-0.25, -0.2) is 8.42 Å². The van der Waals surface area contributed by atoms with Gasteiger partial charge in [0, 0.05) is 43.0 Å². The monoisotopic (exact) mass is 419 g/mol. The molecule has 1 fully saturated rings. The highest BCUT2D eigenvalue weighted by Gasteiger charge is 2.27. The minimum atomic E-state index is -3.58. The van der Waals surface area contributed by atoms with E-state index in [1.807, 2.05) is 7.05 Å². The molecular weight excluding hydrogens is 398 g/mol. The Morgan fingerprint density at radius 1 is 1.07 bits per heavy atom. The highest BCUT2D eigenvalue weighted by Crippen LogP contribution is 2.21. The maximum absolute atomic E-state index is 12.8. The van der Waals surface area contributed by atoms with E-state index >= 15 is 0 Å². The molecule has 0 unspecified atom stereocenters. The van der Waals surface area contributed by atoms with Crippen molar-refractivity contribution in [2.24, 2.45) is 0 Å². The van der Waals surface area contributed by atoms with Crippen molar-refractivity contribution in [2.45, 2.75) is 4.90 Å². The summed E-state index contributed by atoms with van der Waals surface area (Å²) in [6, 6.07) is 13.4. The molecule has 0 aliphatic carbocycles. The first kappa shape index (κ1) is 20.5. The van der Waals surface area contributed by atoms with E-state index < -0.39 is 10.0 Å². The zero-order chi connectivity index (χ0) is 20.1. The summed E-state index contributed by atoms with van der Waals surface area (Å²) in [6.07, 6.45) is 3.06. The molecule has 0 spiro atoms. The third kappa shape index (κ3) is 5.20. The van der Waals surface area contributed by atoms with Crippen LogP contribution in [0.2, 0.25) is 5.02 Å². The molecular formula is C20H22ClN3O3S. The maximum atomic E-state index is 12.8. The zero-order valence-corrected chi connectivity index (χ0v) is 17.1. The summed E-state index contributed by atoms with van der Waals surface area (Å²) < 4.78 is 27.2. The van der Waals surface area contributed by atoms with Gasteiger partial charge in [-0.2, -0.15) is 4.31 Å². The summed E-state index contributed by atoms with van der Waals surface area (Å²) in [5, 5.41) is 3.33. The fourth-order valence-corrected chi connectivity index (χ4v) is 4.44. The van der Waals surface area contributed by atoms with Crippen LogP contribution in [0.1, 0.15) is 5.56 Å². The molecule has 148 valence electrons. The lowest BCUT2D eigenvalue weighted by Gasteiger charge is -2.31. The molecule has 1 amide bonds. The molecule has 0 radical (unpaired) electrons. The standard InChI is InChI=1S/C20H22ClN3O3S/c1-23-11-13-24(14-12-23)28(26,27)19-4-2-3-18(15-19)22-20(25)10-7-16-5-8-17(21)9-6-16/h2-10,15H,11-14H2,1H3,(H,22,25). The summed E-state index contributed by atoms with van der Waals surface area (Å²) in [4.78, 5) is 14.4. The topological polar surface area (TPSA) is 69.7 Å². The molecule has 1 heterocycles. The van der Waals surface area contributed by atoms with Crippen molar-refractivity contribution in [1.29, 1.82) is 0 Å². The second kappa shape index (κ2) is 8.87. The van der Waals surface area contributed by atoms with Crippen LogP contribution in [0, 0.1) is 0 Å². The van der Waals surface area contributed by atoms with Crippen LogP contribution >= 0.6 is 11.6 Å². The predicted molar refractivity (Wildman–Crippen MR) is 112 cm³/mol. The molecule has 0 aromatic heterocycles. The van der Waals surface area contributed by atoms with Gasteiger partial charge >= 0.3 is 0 Å². The molecule has 0 bridgehead atoms. The van der Waals surface area contributed by atoms with Crippen LogP contribution < -0.4 is 5.32 Å². The number of hydrogen-bond acceptors (Lipinski definition) is 4. The van der Waals surface area contributed by atoms with E-state index in [9.17, 15) is 13.2 Å². The Morgan fingerprint density at radius 3 is 2.43 bits per heavy atom. The molecule has 3 rings (SSSR count). The van der Waals surface area contributed by atoms with Crippen molar-refractivity contribution in [3.05, 3.63) is 65.2 Å². The molecule has 2 aromatic rings. The van der Waals surface area contributed by atoms with E-state index in [2.05, 4.69) is 10.2 Å². The number of piperazine rings is 1. The Kier molecular flexibility index (Phi) is 6.51. The second-order valence-corrected chi connectivity index (χ2v) is 8.98. The van der Waals surface area contributed by atoms with Crippen molar-refractivity contribution in [1.82, 2.24) is 9.21 Å². The van der Waals surface area contributed by atoms with Crippen LogP contribution in [0.25, 0.3) is 6.08 Å². The number of sulfonamides is 1. The number of likely N-dealkylation sites (N-methyl/N-ethyl adjacent to an activating group) is 1. The van der Waals surface area contributed by atoms with E-state index in [4.69, 9.17) is 11.6 Å². The first-order valence-corrected chi connectivity index (χ1v) is 10.7. The summed E-state index contributed by atoms with van der Waals surface area (Å²) in [5.74, 6) is -0.343. The van der Waals surface area contributed by atoms with Gasteiger partial charge < -0.3 is 10.2 Å². The fourth-order valence-electron chi connectivity index (χ4n) is 2.84. The number of nitrogens with one attached hydrogen (secondary N) is 1. The molecule has 1 saturated heterocycles. The van der Waals surface area contributed by atoms with Gasteiger partial charge in [0.05, 0.1) is 4.90 Å². The molecule has 8 heteroatoms. The van der Waals surface area contributed by atoms with Gasteiger partial charge in [0.25, 0.3) is 0 Å². The van der Waals surface area contributed by atoms with E-state index in [1.54, 1.807) is 48.5 Å². The van der Waals surface area contributed by atoms with Crippen molar-refractivity contribution >= 4 is 39.3 Å². The minimum absolute atomic E-state index is 0.177. The minimum Gasteiger partial charge on any atom is -0.322 e. The number of amides is 1. The lowest BCUT2D eigenvalue weighted by Crippen LogP contribution is -2.47. The van der Waals surface area contributed by atoms with Crippen LogP contribution in [0.4, 0.5) is 5.69 Å². The molecule has 1 aliphatic rings.